The molecule has 0 amide bonds. The Bertz CT molecular complexity index is 626. The van der Waals surface area contributed by atoms with Gasteiger partial charge < -0.3 is 4.84 Å². The minimum atomic E-state index is -0.274. The molecular weight excluding hydrogens is 224 g/mol. The first kappa shape index (κ1) is 9.59. The zero-order valence-electron chi connectivity index (χ0n) is 8.71. The second-order valence-electron chi connectivity index (χ2n) is 3.80. The highest BCUT2D eigenvalue weighted by atomic mass is 32.1. The first-order chi connectivity index (χ1) is 7.75. The van der Waals surface area contributed by atoms with Crippen molar-refractivity contribution in [1.29, 1.82) is 0 Å². The Morgan fingerprint density at radius 1 is 1.50 bits per heavy atom. The van der Waals surface area contributed by atoms with E-state index in [1.54, 1.807) is 4.57 Å². The highest BCUT2D eigenvalue weighted by Crippen LogP contribution is 2.26. The summed E-state index contributed by atoms with van der Waals surface area (Å²) in [5.41, 5.74) is 1.85. The van der Waals surface area contributed by atoms with Crippen LogP contribution in [-0.4, -0.2) is 10.3 Å². The maximum Gasteiger partial charge on any atom is 0.311 e. The highest BCUT2D eigenvalue weighted by Gasteiger charge is 2.23. The van der Waals surface area contributed by atoms with Crippen LogP contribution in [0.25, 0.3) is 10.2 Å². The van der Waals surface area contributed by atoms with Crippen LogP contribution < -0.4 is 4.87 Å². The molecule has 4 nitrogen and oxygen atoms in total. The first-order valence-electron chi connectivity index (χ1n) is 5.05. The van der Waals surface area contributed by atoms with E-state index < -0.39 is 0 Å². The molecule has 0 fully saturated rings. The monoisotopic (exact) mass is 234 g/mol. The normalized spacial score (nSPS) is 19.8. The number of hydrogen-bond donors (Lipinski definition) is 0. The van der Waals surface area contributed by atoms with E-state index >= 15 is 0 Å². The van der Waals surface area contributed by atoms with E-state index in [9.17, 15) is 4.79 Å². The molecule has 3 rings (SSSR count). The van der Waals surface area contributed by atoms with Crippen LogP contribution in [0, 0.1) is 0 Å². The number of rotatable bonds is 1. The van der Waals surface area contributed by atoms with Crippen LogP contribution in [0.5, 0.6) is 0 Å². The molecule has 0 N–H and O–H groups in total. The SMILES string of the molecule is CC1=NOC(n2c(=O)sc3ccccc32)C1. The van der Waals surface area contributed by atoms with Gasteiger partial charge in [0.15, 0.2) is 0 Å². The van der Waals surface area contributed by atoms with E-state index in [2.05, 4.69) is 5.16 Å². The molecule has 0 spiro atoms. The summed E-state index contributed by atoms with van der Waals surface area (Å²) < 4.78 is 2.67. The minimum Gasteiger partial charge on any atom is -0.370 e. The molecule has 5 heteroatoms. The lowest BCUT2D eigenvalue weighted by Gasteiger charge is -2.09. The number of fused-ring (bicyclic) bond motifs is 1. The van der Waals surface area contributed by atoms with Gasteiger partial charge in [-0.1, -0.05) is 28.6 Å². The minimum absolute atomic E-state index is 0.0103. The summed E-state index contributed by atoms with van der Waals surface area (Å²) in [5.74, 6) is 0. The lowest BCUT2D eigenvalue weighted by Crippen LogP contribution is -2.19. The summed E-state index contributed by atoms with van der Waals surface area (Å²) in [4.78, 5) is 17.1. The topological polar surface area (TPSA) is 43.6 Å². The molecule has 2 heterocycles. The second kappa shape index (κ2) is 3.45. The van der Waals surface area contributed by atoms with Crippen molar-refractivity contribution in [3.8, 4) is 0 Å². The molecule has 16 heavy (non-hydrogen) atoms. The molecule has 2 aromatic rings. The molecule has 1 aliphatic heterocycles. The first-order valence-corrected chi connectivity index (χ1v) is 5.87. The standard InChI is InChI=1S/C11H10N2O2S/c1-7-6-10(15-12-7)13-8-4-2-3-5-9(8)16-11(13)14/h2-5,10H,6H2,1H3. The number of hydrogen-bond acceptors (Lipinski definition) is 4. The van der Waals surface area contributed by atoms with Gasteiger partial charge in [-0.3, -0.25) is 9.36 Å². The second-order valence-corrected chi connectivity index (χ2v) is 4.79. The van der Waals surface area contributed by atoms with Crippen LogP contribution in [0.2, 0.25) is 0 Å². The highest BCUT2D eigenvalue weighted by molar-refractivity contribution is 7.16. The Hall–Kier alpha value is -1.62. The molecule has 1 aromatic heterocycles. The van der Waals surface area contributed by atoms with E-state index in [0.29, 0.717) is 6.42 Å². The summed E-state index contributed by atoms with van der Waals surface area (Å²) in [6.45, 7) is 1.90. The molecule has 1 aromatic carbocycles. The average Bonchev–Trinajstić information content (AvgIpc) is 2.80. The molecule has 1 unspecified atom stereocenters. The third kappa shape index (κ3) is 1.36. The van der Waals surface area contributed by atoms with E-state index in [1.807, 2.05) is 31.2 Å². The van der Waals surface area contributed by atoms with Gasteiger partial charge in [-0.2, -0.15) is 0 Å². The van der Waals surface area contributed by atoms with Gasteiger partial charge in [-0.15, -0.1) is 0 Å². The van der Waals surface area contributed by atoms with Crippen molar-refractivity contribution in [1.82, 2.24) is 4.57 Å². The number of thiazole rings is 1. The zero-order chi connectivity index (χ0) is 11.1. The van der Waals surface area contributed by atoms with Crippen LogP contribution in [0.1, 0.15) is 19.6 Å². The van der Waals surface area contributed by atoms with E-state index in [0.717, 1.165) is 15.9 Å². The molecule has 0 radical (unpaired) electrons. The van der Waals surface area contributed by atoms with Gasteiger partial charge in [0, 0.05) is 6.42 Å². The Balaban J connectivity index is 2.16. The van der Waals surface area contributed by atoms with Gasteiger partial charge in [0.05, 0.1) is 15.9 Å². The van der Waals surface area contributed by atoms with Crippen molar-refractivity contribution in [3.05, 3.63) is 33.9 Å². The van der Waals surface area contributed by atoms with Crippen LogP contribution >= 0.6 is 11.3 Å². The zero-order valence-corrected chi connectivity index (χ0v) is 9.53. The Labute approximate surface area is 95.8 Å². The van der Waals surface area contributed by atoms with Gasteiger partial charge >= 0.3 is 4.87 Å². The van der Waals surface area contributed by atoms with Crippen molar-refractivity contribution in [2.45, 2.75) is 19.6 Å². The molecule has 0 bridgehead atoms. The fraction of sp³-hybridized carbons (Fsp3) is 0.273. The van der Waals surface area contributed by atoms with Gasteiger partial charge in [-0.25, -0.2) is 0 Å². The Morgan fingerprint density at radius 2 is 2.31 bits per heavy atom. The predicted molar refractivity (Wildman–Crippen MR) is 63.9 cm³/mol. The molecule has 0 saturated carbocycles. The predicted octanol–water partition coefficient (Wildman–Crippen LogP) is 2.36. The third-order valence-corrected chi connectivity index (χ3v) is 3.54. The maximum atomic E-state index is 11.9. The van der Waals surface area contributed by atoms with Crippen LogP contribution in [0.15, 0.2) is 34.2 Å². The summed E-state index contributed by atoms with van der Waals surface area (Å²) in [5, 5.41) is 3.88. The van der Waals surface area contributed by atoms with Gasteiger partial charge in [0.25, 0.3) is 0 Å². The lowest BCUT2D eigenvalue weighted by molar-refractivity contribution is 0.0340. The Morgan fingerprint density at radius 3 is 3.06 bits per heavy atom. The number of para-hydroxylation sites is 1. The summed E-state index contributed by atoms with van der Waals surface area (Å²) in [6.07, 6.45) is 0.407. The van der Waals surface area contributed by atoms with Gasteiger partial charge in [0.1, 0.15) is 0 Å². The number of benzene rings is 1. The number of aromatic nitrogens is 1. The van der Waals surface area contributed by atoms with Crippen LogP contribution in [0.3, 0.4) is 0 Å². The van der Waals surface area contributed by atoms with Gasteiger partial charge in [0.2, 0.25) is 6.23 Å². The van der Waals surface area contributed by atoms with Crippen molar-refractivity contribution in [2.24, 2.45) is 5.16 Å². The molecule has 0 saturated heterocycles. The van der Waals surface area contributed by atoms with Crippen molar-refractivity contribution < 1.29 is 4.84 Å². The van der Waals surface area contributed by atoms with Gasteiger partial charge in [-0.05, 0) is 19.1 Å². The summed E-state index contributed by atoms with van der Waals surface area (Å²) in [6, 6.07) is 7.73. The fourth-order valence-electron chi connectivity index (χ4n) is 1.87. The van der Waals surface area contributed by atoms with Crippen LogP contribution in [-0.2, 0) is 4.84 Å². The van der Waals surface area contributed by atoms with Crippen molar-refractivity contribution in [3.63, 3.8) is 0 Å². The molecule has 1 aliphatic rings. The maximum absolute atomic E-state index is 11.9. The number of nitrogens with zero attached hydrogens (tertiary/aromatic N) is 2. The molecule has 1 atom stereocenters. The molecular formula is C11H10N2O2S. The largest absolute Gasteiger partial charge is 0.370 e. The van der Waals surface area contributed by atoms with E-state index in [1.165, 1.54) is 11.3 Å². The molecule has 82 valence electrons. The third-order valence-electron chi connectivity index (χ3n) is 2.61. The Kier molecular flexibility index (Phi) is 2.07. The summed E-state index contributed by atoms with van der Waals surface area (Å²) >= 11 is 1.24. The smallest absolute Gasteiger partial charge is 0.311 e. The number of oxime groups is 1. The molecule has 0 aliphatic carbocycles. The van der Waals surface area contributed by atoms with E-state index in [4.69, 9.17) is 4.84 Å². The average molecular weight is 234 g/mol. The fourth-order valence-corrected chi connectivity index (χ4v) is 2.79. The summed E-state index contributed by atoms with van der Waals surface area (Å²) in [7, 11) is 0. The van der Waals surface area contributed by atoms with Crippen molar-refractivity contribution in [2.75, 3.05) is 0 Å². The van der Waals surface area contributed by atoms with Crippen molar-refractivity contribution >= 4 is 27.3 Å². The quantitative estimate of drug-likeness (QED) is 0.760. The van der Waals surface area contributed by atoms with Crippen LogP contribution in [0.4, 0.5) is 0 Å². The lowest BCUT2D eigenvalue weighted by atomic mass is 10.2. The van der Waals surface area contributed by atoms with E-state index in [-0.39, 0.29) is 11.1 Å².